The van der Waals surface area contributed by atoms with Crippen LogP contribution < -0.4 is 10.4 Å². The van der Waals surface area contributed by atoms with Crippen LogP contribution in [0.3, 0.4) is 0 Å². The summed E-state index contributed by atoms with van der Waals surface area (Å²) in [6, 6.07) is 17.3. The van der Waals surface area contributed by atoms with E-state index in [-0.39, 0.29) is 5.82 Å². The molecule has 0 radical (unpaired) electrons. The first-order valence-corrected chi connectivity index (χ1v) is 9.53. The minimum atomic E-state index is -2.04. The molecule has 3 nitrogen and oxygen atoms in total. The van der Waals surface area contributed by atoms with Crippen LogP contribution in [0.4, 0.5) is 4.39 Å². The fourth-order valence-corrected chi connectivity index (χ4v) is 5.95. The van der Waals surface area contributed by atoms with Gasteiger partial charge in [-0.05, 0) is 12.1 Å². The van der Waals surface area contributed by atoms with Gasteiger partial charge >= 0.3 is 0 Å². The molecule has 1 unspecified atom stereocenters. The van der Waals surface area contributed by atoms with Gasteiger partial charge in [-0.15, -0.1) is 0 Å². The number of aromatic nitrogens is 3. The molecule has 0 spiro atoms. The quantitative estimate of drug-likeness (QED) is 0.688. The summed E-state index contributed by atoms with van der Waals surface area (Å²) in [7, 11) is -2.04. The lowest BCUT2D eigenvalue weighted by atomic mass is 10.3. The van der Waals surface area contributed by atoms with Gasteiger partial charge in [-0.3, -0.25) is 4.68 Å². The summed E-state index contributed by atoms with van der Waals surface area (Å²) in [5.41, 5.74) is 0. The van der Waals surface area contributed by atoms with Gasteiger partial charge in [0.2, 0.25) is 0 Å². The third-order valence-electron chi connectivity index (χ3n) is 3.84. The van der Waals surface area contributed by atoms with Crippen molar-refractivity contribution in [1.82, 2.24) is 14.8 Å². The van der Waals surface area contributed by atoms with E-state index in [9.17, 15) is 4.39 Å². The van der Waals surface area contributed by atoms with E-state index < -0.39 is 8.07 Å². The molecule has 21 heavy (non-hydrogen) atoms. The van der Waals surface area contributed by atoms with Crippen LogP contribution in [0.5, 0.6) is 0 Å². The maximum absolute atomic E-state index is 13.2. The molecule has 3 rings (SSSR count). The lowest BCUT2D eigenvalue weighted by molar-refractivity contribution is 0.628. The average Bonchev–Trinajstić information content (AvgIpc) is 3.01. The SMILES string of the molecule is C[Si](Cn1cncn1)(c1ccccc1)c1ccc(F)cc1. The van der Waals surface area contributed by atoms with E-state index in [0.717, 1.165) is 6.17 Å². The Labute approximate surface area is 124 Å². The van der Waals surface area contributed by atoms with Crippen LogP contribution >= 0.6 is 0 Å². The highest BCUT2D eigenvalue weighted by Gasteiger charge is 2.32. The first kappa shape index (κ1) is 13.7. The second kappa shape index (κ2) is 5.61. The number of benzene rings is 2. The summed E-state index contributed by atoms with van der Waals surface area (Å²) >= 11 is 0. The molecule has 1 heterocycles. The lowest BCUT2D eigenvalue weighted by Crippen LogP contribution is -2.59. The summed E-state index contributed by atoms with van der Waals surface area (Å²) in [5.74, 6) is -0.205. The minimum absolute atomic E-state index is 0.205. The van der Waals surface area contributed by atoms with Gasteiger partial charge in [0.25, 0.3) is 0 Å². The highest BCUT2D eigenvalue weighted by Crippen LogP contribution is 2.09. The van der Waals surface area contributed by atoms with Crippen molar-refractivity contribution >= 4 is 18.4 Å². The normalized spacial score (nSPS) is 13.8. The van der Waals surface area contributed by atoms with Gasteiger partial charge in [0.05, 0.1) is 0 Å². The number of nitrogens with zero attached hydrogens (tertiary/aromatic N) is 3. The number of hydrogen-bond donors (Lipinski definition) is 0. The van der Waals surface area contributed by atoms with E-state index in [0.29, 0.717) is 0 Å². The Morgan fingerprint density at radius 1 is 1.00 bits per heavy atom. The van der Waals surface area contributed by atoms with Crippen LogP contribution in [0, 0.1) is 5.82 Å². The Kier molecular flexibility index (Phi) is 3.66. The third-order valence-corrected chi connectivity index (χ3v) is 8.01. The van der Waals surface area contributed by atoms with E-state index in [1.54, 1.807) is 12.7 Å². The molecule has 5 heteroatoms. The zero-order valence-electron chi connectivity index (χ0n) is 11.8. The maximum Gasteiger partial charge on any atom is 0.137 e. The van der Waals surface area contributed by atoms with Gasteiger partial charge in [-0.25, -0.2) is 9.37 Å². The van der Waals surface area contributed by atoms with Crippen molar-refractivity contribution in [2.75, 3.05) is 0 Å². The van der Waals surface area contributed by atoms with Crippen LogP contribution in [0.2, 0.25) is 6.55 Å². The van der Waals surface area contributed by atoms with Gasteiger partial charge < -0.3 is 0 Å². The molecule has 1 atom stereocenters. The lowest BCUT2D eigenvalue weighted by Gasteiger charge is -2.28. The van der Waals surface area contributed by atoms with Gasteiger partial charge in [0.15, 0.2) is 0 Å². The Balaban J connectivity index is 2.08. The Morgan fingerprint density at radius 2 is 1.67 bits per heavy atom. The molecule has 0 fully saturated rings. The Hall–Kier alpha value is -2.27. The second-order valence-corrected chi connectivity index (χ2v) is 9.43. The molecular formula is C16H16FN3Si. The highest BCUT2D eigenvalue weighted by molar-refractivity contribution is 7.00. The molecule has 0 N–H and O–H groups in total. The smallest absolute Gasteiger partial charge is 0.137 e. The average molecular weight is 297 g/mol. The first-order chi connectivity index (χ1) is 10.2. The molecule has 0 aliphatic heterocycles. The van der Waals surface area contributed by atoms with Crippen LogP contribution in [0.1, 0.15) is 0 Å². The van der Waals surface area contributed by atoms with E-state index in [1.165, 1.54) is 22.5 Å². The van der Waals surface area contributed by atoms with Crippen LogP contribution in [0.25, 0.3) is 0 Å². The highest BCUT2D eigenvalue weighted by atomic mass is 28.3. The molecule has 106 valence electrons. The molecule has 2 aromatic carbocycles. The van der Waals surface area contributed by atoms with Crippen molar-refractivity contribution in [3.8, 4) is 0 Å². The Morgan fingerprint density at radius 3 is 2.29 bits per heavy atom. The molecule has 0 bridgehead atoms. The molecule has 0 aliphatic carbocycles. The predicted molar refractivity (Wildman–Crippen MR) is 83.8 cm³/mol. The van der Waals surface area contributed by atoms with Crippen molar-refractivity contribution < 1.29 is 4.39 Å². The molecular weight excluding hydrogens is 281 g/mol. The molecule has 1 aromatic heterocycles. The van der Waals surface area contributed by atoms with Crippen LogP contribution in [-0.4, -0.2) is 22.8 Å². The summed E-state index contributed by atoms with van der Waals surface area (Å²) in [5, 5.41) is 6.72. The molecule has 0 aliphatic rings. The van der Waals surface area contributed by atoms with Crippen molar-refractivity contribution in [1.29, 1.82) is 0 Å². The van der Waals surface area contributed by atoms with E-state index >= 15 is 0 Å². The van der Waals surface area contributed by atoms with Crippen molar-refractivity contribution in [2.24, 2.45) is 0 Å². The van der Waals surface area contributed by atoms with Crippen molar-refractivity contribution in [3.05, 3.63) is 73.1 Å². The van der Waals surface area contributed by atoms with Gasteiger partial charge in [-0.2, -0.15) is 5.10 Å². The van der Waals surface area contributed by atoms with Crippen LogP contribution in [-0.2, 0) is 6.17 Å². The van der Waals surface area contributed by atoms with Gasteiger partial charge in [0, 0.05) is 6.17 Å². The van der Waals surface area contributed by atoms with Crippen molar-refractivity contribution in [3.63, 3.8) is 0 Å². The zero-order valence-corrected chi connectivity index (χ0v) is 12.8. The van der Waals surface area contributed by atoms with E-state index in [2.05, 4.69) is 28.8 Å². The van der Waals surface area contributed by atoms with Crippen LogP contribution in [0.15, 0.2) is 67.3 Å². The molecule has 0 saturated carbocycles. The standard InChI is InChI=1S/C16H16FN3Si/c1-21(13-20-12-18-11-19-20,15-5-3-2-4-6-15)16-9-7-14(17)8-10-16/h2-12H,13H2,1H3. The van der Waals surface area contributed by atoms with E-state index in [4.69, 9.17) is 0 Å². The van der Waals surface area contributed by atoms with E-state index in [1.807, 2.05) is 35.0 Å². The summed E-state index contributed by atoms with van der Waals surface area (Å²) in [4.78, 5) is 4.02. The predicted octanol–water partition coefficient (Wildman–Crippen LogP) is 1.85. The number of hydrogen-bond acceptors (Lipinski definition) is 2. The topological polar surface area (TPSA) is 30.7 Å². The maximum atomic E-state index is 13.2. The fraction of sp³-hybridized carbons (Fsp3) is 0.125. The fourth-order valence-electron chi connectivity index (χ4n) is 2.61. The molecule has 0 amide bonds. The summed E-state index contributed by atoms with van der Waals surface area (Å²) in [6.07, 6.45) is 4.06. The van der Waals surface area contributed by atoms with Crippen molar-refractivity contribution in [2.45, 2.75) is 12.7 Å². The third kappa shape index (κ3) is 2.78. The molecule has 0 saturated heterocycles. The molecule has 3 aromatic rings. The monoisotopic (exact) mass is 297 g/mol. The minimum Gasteiger partial charge on any atom is -0.255 e. The summed E-state index contributed by atoms with van der Waals surface area (Å²) < 4.78 is 15.1. The first-order valence-electron chi connectivity index (χ1n) is 6.82. The van der Waals surface area contributed by atoms with Gasteiger partial charge in [0.1, 0.15) is 26.5 Å². The zero-order chi connectivity index (χ0) is 14.7. The number of halogens is 1. The summed E-state index contributed by atoms with van der Waals surface area (Å²) in [6.45, 7) is 2.28. The Bertz CT molecular complexity index is 698. The largest absolute Gasteiger partial charge is 0.255 e. The second-order valence-electron chi connectivity index (χ2n) is 5.30. The van der Waals surface area contributed by atoms with Gasteiger partial charge in [-0.1, -0.05) is 59.4 Å². The number of rotatable bonds is 4.